The molecule has 0 aliphatic rings. The van der Waals surface area contributed by atoms with Crippen LogP contribution in [0.4, 0.5) is 4.39 Å². The number of benzene rings is 2. The molecule has 0 saturated carbocycles. The Morgan fingerprint density at radius 2 is 1.85 bits per heavy atom. The van der Waals surface area contributed by atoms with Gasteiger partial charge in [-0.2, -0.15) is 0 Å². The number of primary amides is 1. The summed E-state index contributed by atoms with van der Waals surface area (Å²) in [6, 6.07) is 10.2. The second-order valence-corrected chi connectivity index (χ2v) is 5.30. The molecular weight excluding hydrogens is 255 g/mol. The number of hydrogen-bond donors (Lipinski definition) is 2. The van der Waals surface area contributed by atoms with Gasteiger partial charge < -0.3 is 11.5 Å². The maximum Gasteiger partial charge on any atom is 0.217 e. The third-order valence-electron chi connectivity index (χ3n) is 3.51. The van der Waals surface area contributed by atoms with Gasteiger partial charge in [0.1, 0.15) is 5.82 Å². The summed E-state index contributed by atoms with van der Waals surface area (Å²) in [6.45, 7) is 1.94. The van der Waals surface area contributed by atoms with Crippen molar-refractivity contribution < 1.29 is 9.18 Å². The zero-order chi connectivity index (χ0) is 14.7. The molecule has 0 aliphatic carbocycles. The molecule has 0 saturated heterocycles. The molecule has 0 bridgehead atoms. The smallest absolute Gasteiger partial charge is 0.217 e. The van der Waals surface area contributed by atoms with E-state index in [9.17, 15) is 9.18 Å². The monoisotopic (exact) mass is 274 g/mol. The molecule has 106 valence electrons. The first-order valence-corrected chi connectivity index (χ1v) is 6.70. The summed E-state index contributed by atoms with van der Waals surface area (Å²) in [5.74, 6) is -0.471. The molecule has 0 heterocycles. The summed E-state index contributed by atoms with van der Waals surface area (Å²) < 4.78 is 13.8. The molecule has 0 radical (unpaired) electrons. The van der Waals surface area contributed by atoms with Crippen molar-refractivity contribution in [3.63, 3.8) is 0 Å². The third kappa shape index (κ3) is 3.14. The van der Waals surface area contributed by atoms with E-state index < -0.39 is 0 Å². The largest absolute Gasteiger partial charge is 0.370 e. The van der Waals surface area contributed by atoms with Crippen molar-refractivity contribution >= 4 is 16.7 Å². The van der Waals surface area contributed by atoms with E-state index in [1.165, 1.54) is 6.07 Å². The maximum absolute atomic E-state index is 13.8. The molecule has 0 fully saturated rings. The molecule has 2 unspecified atom stereocenters. The minimum atomic E-state index is -0.325. The molecule has 1 amide bonds. The minimum absolute atomic E-state index is 0.103. The lowest BCUT2D eigenvalue weighted by molar-refractivity contribution is -0.118. The Labute approximate surface area is 117 Å². The summed E-state index contributed by atoms with van der Waals surface area (Å²) in [6.07, 6.45) is 0.950. The summed E-state index contributed by atoms with van der Waals surface area (Å²) in [7, 11) is 0. The molecule has 3 nitrogen and oxygen atoms in total. The van der Waals surface area contributed by atoms with Crippen LogP contribution in [0.2, 0.25) is 0 Å². The van der Waals surface area contributed by atoms with Crippen LogP contribution in [0.5, 0.6) is 0 Å². The Kier molecular flexibility index (Phi) is 4.35. The van der Waals surface area contributed by atoms with Crippen LogP contribution in [0.1, 0.15) is 31.4 Å². The van der Waals surface area contributed by atoms with Crippen LogP contribution in [0, 0.1) is 11.7 Å². The molecule has 20 heavy (non-hydrogen) atoms. The Morgan fingerprint density at radius 3 is 2.50 bits per heavy atom. The Bertz CT molecular complexity index is 627. The molecule has 2 rings (SSSR count). The van der Waals surface area contributed by atoms with Crippen molar-refractivity contribution in [2.75, 3.05) is 0 Å². The number of nitrogens with two attached hydrogens (primary N) is 2. The van der Waals surface area contributed by atoms with Gasteiger partial charge in [-0.1, -0.05) is 37.3 Å². The molecule has 0 spiro atoms. The minimum Gasteiger partial charge on any atom is -0.370 e. The van der Waals surface area contributed by atoms with Gasteiger partial charge in [0, 0.05) is 17.8 Å². The van der Waals surface area contributed by atoms with E-state index in [4.69, 9.17) is 11.5 Å². The molecule has 4 N–H and O–H groups in total. The zero-order valence-corrected chi connectivity index (χ0v) is 11.5. The van der Waals surface area contributed by atoms with Gasteiger partial charge in [0.05, 0.1) is 0 Å². The van der Waals surface area contributed by atoms with Gasteiger partial charge in [-0.3, -0.25) is 4.79 Å². The fraction of sp³-hybridized carbons (Fsp3) is 0.312. The lowest BCUT2D eigenvalue weighted by atomic mass is 9.91. The first kappa shape index (κ1) is 14.5. The summed E-state index contributed by atoms with van der Waals surface area (Å²) >= 11 is 0. The normalized spacial score (nSPS) is 14.2. The molecule has 0 aromatic heterocycles. The number of carbonyl (C=O) groups is 1. The van der Waals surface area contributed by atoms with Crippen molar-refractivity contribution in [3.05, 3.63) is 47.8 Å². The van der Waals surface area contributed by atoms with E-state index in [0.29, 0.717) is 18.2 Å². The van der Waals surface area contributed by atoms with Gasteiger partial charge in [-0.25, -0.2) is 4.39 Å². The number of halogens is 1. The van der Waals surface area contributed by atoms with Crippen LogP contribution in [0.3, 0.4) is 0 Å². The molecule has 2 aromatic carbocycles. The van der Waals surface area contributed by atoms with Gasteiger partial charge in [0.2, 0.25) is 5.91 Å². The highest BCUT2D eigenvalue weighted by molar-refractivity contribution is 5.86. The Hall–Kier alpha value is -1.94. The number of carbonyl (C=O) groups excluding carboxylic acids is 1. The van der Waals surface area contributed by atoms with Crippen LogP contribution in [0.15, 0.2) is 36.4 Å². The maximum atomic E-state index is 13.8. The van der Waals surface area contributed by atoms with E-state index in [1.54, 1.807) is 18.2 Å². The summed E-state index contributed by atoms with van der Waals surface area (Å²) in [4.78, 5) is 10.9. The van der Waals surface area contributed by atoms with E-state index >= 15 is 0 Å². The second kappa shape index (κ2) is 6.01. The van der Waals surface area contributed by atoms with E-state index in [1.807, 2.05) is 19.1 Å². The molecule has 2 aromatic rings. The predicted octanol–water partition coefficient (Wildman–Crippen LogP) is 2.88. The summed E-state index contributed by atoms with van der Waals surface area (Å²) in [5, 5.41) is 1.40. The van der Waals surface area contributed by atoms with Crippen LogP contribution >= 0.6 is 0 Å². The number of amides is 1. The lowest BCUT2D eigenvalue weighted by Gasteiger charge is -2.18. The van der Waals surface area contributed by atoms with Gasteiger partial charge in [-0.05, 0) is 29.4 Å². The van der Waals surface area contributed by atoms with Gasteiger partial charge in [-0.15, -0.1) is 0 Å². The molecule has 2 atom stereocenters. The van der Waals surface area contributed by atoms with Gasteiger partial charge >= 0.3 is 0 Å². The lowest BCUT2D eigenvalue weighted by Crippen LogP contribution is -2.19. The fourth-order valence-electron chi connectivity index (χ4n) is 2.60. The SMILES string of the molecule is CC(CC(N)=O)CC(N)c1ccc(F)c2ccccc12. The van der Waals surface area contributed by atoms with Crippen molar-refractivity contribution in [2.24, 2.45) is 17.4 Å². The quantitative estimate of drug-likeness (QED) is 0.880. The van der Waals surface area contributed by atoms with Crippen molar-refractivity contribution in [2.45, 2.75) is 25.8 Å². The van der Waals surface area contributed by atoms with Gasteiger partial charge in [0.15, 0.2) is 0 Å². The first-order valence-electron chi connectivity index (χ1n) is 6.70. The van der Waals surface area contributed by atoms with Crippen LogP contribution in [-0.4, -0.2) is 5.91 Å². The number of hydrogen-bond acceptors (Lipinski definition) is 2. The van der Waals surface area contributed by atoms with Crippen molar-refractivity contribution in [1.29, 1.82) is 0 Å². The Morgan fingerprint density at radius 1 is 1.20 bits per heavy atom. The van der Waals surface area contributed by atoms with Crippen LogP contribution in [0.25, 0.3) is 10.8 Å². The Balaban J connectivity index is 2.28. The average Bonchev–Trinajstić information content (AvgIpc) is 2.38. The van der Waals surface area contributed by atoms with E-state index in [-0.39, 0.29) is 23.7 Å². The van der Waals surface area contributed by atoms with Crippen LogP contribution < -0.4 is 11.5 Å². The first-order chi connectivity index (χ1) is 9.49. The van der Waals surface area contributed by atoms with E-state index in [0.717, 1.165) is 10.9 Å². The zero-order valence-electron chi connectivity index (χ0n) is 11.5. The van der Waals surface area contributed by atoms with Gasteiger partial charge in [0.25, 0.3) is 0 Å². The number of rotatable bonds is 5. The highest BCUT2D eigenvalue weighted by Gasteiger charge is 2.16. The average molecular weight is 274 g/mol. The van der Waals surface area contributed by atoms with E-state index in [2.05, 4.69) is 0 Å². The topological polar surface area (TPSA) is 69.1 Å². The van der Waals surface area contributed by atoms with Crippen molar-refractivity contribution in [1.82, 2.24) is 0 Å². The highest BCUT2D eigenvalue weighted by Crippen LogP contribution is 2.29. The highest BCUT2D eigenvalue weighted by atomic mass is 19.1. The second-order valence-electron chi connectivity index (χ2n) is 5.30. The third-order valence-corrected chi connectivity index (χ3v) is 3.51. The number of fused-ring (bicyclic) bond motifs is 1. The van der Waals surface area contributed by atoms with Crippen LogP contribution in [-0.2, 0) is 4.79 Å². The predicted molar refractivity (Wildman–Crippen MR) is 78.4 cm³/mol. The fourth-order valence-corrected chi connectivity index (χ4v) is 2.60. The molecule has 4 heteroatoms. The molecule has 0 aliphatic heterocycles. The summed E-state index contributed by atoms with van der Waals surface area (Å²) in [5.41, 5.74) is 12.3. The molecular formula is C16H19FN2O. The van der Waals surface area contributed by atoms with Crippen molar-refractivity contribution in [3.8, 4) is 0 Å². The standard InChI is InChI=1S/C16H19FN2O/c1-10(9-16(19)20)8-15(18)13-6-7-14(17)12-5-3-2-4-11(12)13/h2-7,10,15H,8-9,18H2,1H3,(H2,19,20).